The molecule has 0 aromatic carbocycles. The van der Waals surface area contributed by atoms with Crippen LogP contribution in [-0.4, -0.2) is 5.97 Å². The van der Waals surface area contributed by atoms with Gasteiger partial charge in [-0.25, -0.2) is 0 Å². The third-order valence-corrected chi connectivity index (χ3v) is 5.28. The summed E-state index contributed by atoms with van der Waals surface area (Å²) in [5, 5.41) is 0. The molecule has 2 heteroatoms. The van der Waals surface area contributed by atoms with Gasteiger partial charge in [-0.15, -0.1) is 0 Å². The highest BCUT2D eigenvalue weighted by molar-refractivity contribution is 5.76. The highest BCUT2D eigenvalue weighted by Crippen LogP contribution is 2.22. The van der Waals surface area contributed by atoms with Crippen molar-refractivity contribution in [2.45, 2.75) is 117 Å². The molecule has 0 fully saturated rings. The van der Waals surface area contributed by atoms with Crippen LogP contribution in [0.4, 0.5) is 0 Å². The van der Waals surface area contributed by atoms with E-state index < -0.39 is 0 Å². The van der Waals surface area contributed by atoms with Crippen LogP contribution in [0.1, 0.15) is 117 Å². The first kappa shape index (κ1) is 24.9. The van der Waals surface area contributed by atoms with E-state index in [1.54, 1.807) is 0 Å². The molecule has 1 unspecified atom stereocenters. The summed E-state index contributed by atoms with van der Waals surface area (Å²) in [7, 11) is 0. The Labute approximate surface area is 163 Å². The van der Waals surface area contributed by atoms with Gasteiger partial charge in [0.2, 0.25) is 0 Å². The second-order valence-corrected chi connectivity index (χ2v) is 7.55. The molecule has 1 atom stereocenters. The Bertz CT molecular complexity index is 359. The number of carbonyl (C=O) groups is 1. The highest BCUT2D eigenvalue weighted by atomic mass is 16.5. The number of esters is 1. The fraction of sp³-hybridized carbons (Fsp3) is 0.792. The molecule has 0 amide bonds. The smallest absolute Gasteiger partial charge is 0.317 e. The summed E-state index contributed by atoms with van der Waals surface area (Å²) in [6, 6.07) is 0. The lowest BCUT2D eigenvalue weighted by Gasteiger charge is -2.16. The number of carbonyl (C=O) groups excluding carboxylic acids is 1. The summed E-state index contributed by atoms with van der Waals surface area (Å²) in [6.45, 7) is 11.8. The Morgan fingerprint density at radius 1 is 0.808 bits per heavy atom. The van der Waals surface area contributed by atoms with Gasteiger partial charge in [-0.3, -0.25) is 4.79 Å². The molecule has 0 heterocycles. The zero-order valence-electron chi connectivity index (χ0n) is 17.7. The Kier molecular flexibility index (Phi) is 18.0. The topological polar surface area (TPSA) is 26.3 Å². The summed E-state index contributed by atoms with van der Waals surface area (Å²) < 4.78 is 4.96. The lowest BCUT2D eigenvalue weighted by atomic mass is 9.92. The standard InChI is InChI=1S/C24H44O2/c1-5-8-9-10-11-12-13-14-15-16-17-18-19-20-21-23(22(4)6-2)24(25)26-7-3/h7,23H,3-6,8-21H2,1-2H3. The van der Waals surface area contributed by atoms with E-state index in [2.05, 4.69) is 20.1 Å². The first-order valence-electron chi connectivity index (χ1n) is 11.2. The van der Waals surface area contributed by atoms with Crippen molar-refractivity contribution in [1.82, 2.24) is 0 Å². The number of ether oxygens (including phenoxy) is 1. The summed E-state index contributed by atoms with van der Waals surface area (Å²) in [5.41, 5.74) is 0.978. The first-order valence-corrected chi connectivity index (χ1v) is 11.2. The van der Waals surface area contributed by atoms with E-state index in [9.17, 15) is 4.79 Å². The minimum Gasteiger partial charge on any atom is -0.435 e. The van der Waals surface area contributed by atoms with Crippen LogP contribution in [0.25, 0.3) is 0 Å². The van der Waals surface area contributed by atoms with E-state index in [1.807, 2.05) is 6.92 Å². The average molecular weight is 365 g/mol. The third-order valence-electron chi connectivity index (χ3n) is 5.28. The van der Waals surface area contributed by atoms with Crippen molar-refractivity contribution in [1.29, 1.82) is 0 Å². The molecule has 0 N–H and O–H groups in total. The summed E-state index contributed by atoms with van der Waals surface area (Å²) in [4.78, 5) is 12.0. The van der Waals surface area contributed by atoms with Gasteiger partial charge < -0.3 is 4.74 Å². The molecule has 0 aliphatic rings. The maximum atomic E-state index is 12.0. The van der Waals surface area contributed by atoms with E-state index in [0.717, 1.165) is 24.8 Å². The van der Waals surface area contributed by atoms with E-state index in [4.69, 9.17) is 4.74 Å². The van der Waals surface area contributed by atoms with Crippen molar-refractivity contribution in [3.05, 3.63) is 25.0 Å². The van der Waals surface area contributed by atoms with Crippen LogP contribution in [0.2, 0.25) is 0 Å². The summed E-state index contributed by atoms with van der Waals surface area (Å²) in [6.07, 6.45) is 21.8. The van der Waals surface area contributed by atoms with Gasteiger partial charge in [0.25, 0.3) is 0 Å². The second-order valence-electron chi connectivity index (χ2n) is 7.55. The van der Waals surface area contributed by atoms with E-state index in [1.165, 1.54) is 89.7 Å². The van der Waals surface area contributed by atoms with Crippen LogP contribution < -0.4 is 0 Å². The number of hydrogen-bond acceptors (Lipinski definition) is 2. The van der Waals surface area contributed by atoms with Crippen molar-refractivity contribution < 1.29 is 9.53 Å². The minimum absolute atomic E-state index is 0.157. The fourth-order valence-electron chi connectivity index (χ4n) is 3.44. The highest BCUT2D eigenvalue weighted by Gasteiger charge is 2.21. The maximum absolute atomic E-state index is 12.0. The lowest BCUT2D eigenvalue weighted by Crippen LogP contribution is -2.17. The molecule has 0 aliphatic heterocycles. The van der Waals surface area contributed by atoms with Crippen LogP contribution in [0, 0.1) is 5.92 Å². The summed E-state index contributed by atoms with van der Waals surface area (Å²) in [5.74, 6) is -0.350. The van der Waals surface area contributed by atoms with Crippen LogP contribution in [0.5, 0.6) is 0 Å². The molecule has 0 bridgehead atoms. The molecule has 0 rings (SSSR count). The van der Waals surface area contributed by atoms with Crippen molar-refractivity contribution in [3.8, 4) is 0 Å². The zero-order chi connectivity index (χ0) is 19.5. The number of rotatable bonds is 19. The van der Waals surface area contributed by atoms with Crippen LogP contribution in [-0.2, 0) is 9.53 Å². The molecule has 0 aliphatic carbocycles. The Morgan fingerprint density at radius 3 is 1.62 bits per heavy atom. The molecule has 0 aromatic rings. The molecule has 0 aromatic heterocycles. The van der Waals surface area contributed by atoms with Gasteiger partial charge in [-0.1, -0.05) is 122 Å². The van der Waals surface area contributed by atoms with E-state index in [0.29, 0.717) is 0 Å². The molecule has 0 spiro atoms. The Hall–Kier alpha value is -1.05. The van der Waals surface area contributed by atoms with Crippen LogP contribution >= 0.6 is 0 Å². The largest absolute Gasteiger partial charge is 0.435 e. The first-order chi connectivity index (χ1) is 12.7. The Morgan fingerprint density at radius 2 is 1.23 bits per heavy atom. The molecule has 0 saturated heterocycles. The predicted octanol–water partition coefficient (Wildman–Crippen LogP) is 8.13. The SMILES string of the molecule is C=COC(=O)C(CCCCCCCCCCCCCCCC)C(=C)CC. The average Bonchev–Trinajstić information content (AvgIpc) is 2.64. The van der Waals surface area contributed by atoms with E-state index >= 15 is 0 Å². The lowest BCUT2D eigenvalue weighted by molar-refractivity contribution is -0.141. The minimum atomic E-state index is -0.193. The molecule has 26 heavy (non-hydrogen) atoms. The predicted molar refractivity (Wildman–Crippen MR) is 114 cm³/mol. The van der Waals surface area contributed by atoms with Gasteiger partial charge in [0.05, 0.1) is 12.2 Å². The zero-order valence-corrected chi connectivity index (χ0v) is 17.7. The molecule has 0 radical (unpaired) electrons. The second kappa shape index (κ2) is 18.7. The molecular formula is C24H44O2. The van der Waals surface area contributed by atoms with Crippen molar-refractivity contribution in [2.24, 2.45) is 5.92 Å². The van der Waals surface area contributed by atoms with Gasteiger partial charge in [0.1, 0.15) is 0 Å². The van der Waals surface area contributed by atoms with Gasteiger partial charge in [-0.2, -0.15) is 0 Å². The normalized spacial score (nSPS) is 11.9. The van der Waals surface area contributed by atoms with Gasteiger partial charge >= 0.3 is 5.97 Å². The van der Waals surface area contributed by atoms with E-state index in [-0.39, 0.29) is 11.9 Å². The Balaban J connectivity index is 3.52. The molecular weight excluding hydrogens is 320 g/mol. The van der Waals surface area contributed by atoms with Gasteiger partial charge in [0.15, 0.2) is 0 Å². The van der Waals surface area contributed by atoms with Crippen molar-refractivity contribution in [2.75, 3.05) is 0 Å². The van der Waals surface area contributed by atoms with Gasteiger partial charge in [0, 0.05) is 0 Å². The fourth-order valence-corrected chi connectivity index (χ4v) is 3.44. The van der Waals surface area contributed by atoms with Crippen LogP contribution in [0.3, 0.4) is 0 Å². The summed E-state index contributed by atoms with van der Waals surface area (Å²) >= 11 is 0. The van der Waals surface area contributed by atoms with Crippen LogP contribution in [0.15, 0.2) is 25.0 Å². The monoisotopic (exact) mass is 364 g/mol. The molecule has 2 nitrogen and oxygen atoms in total. The maximum Gasteiger partial charge on any atom is 0.317 e. The van der Waals surface area contributed by atoms with Gasteiger partial charge in [-0.05, 0) is 12.8 Å². The quantitative estimate of drug-likeness (QED) is 0.100. The number of unbranched alkanes of at least 4 members (excludes halogenated alkanes) is 13. The third kappa shape index (κ3) is 14.2. The van der Waals surface area contributed by atoms with Crippen molar-refractivity contribution >= 4 is 5.97 Å². The molecule has 152 valence electrons. The number of hydrogen-bond donors (Lipinski definition) is 0. The van der Waals surface area contributed by atoms with Crippen molar-refractivity contribution in [3.63, 3.8) is 0 Å². The molecule has 0 saturated carbocycles.